The van der Waals surface area contributed by atoms with Gasteiger partial charge in [-0.15, -0.1) is 0 Å². The molecule has 26 nitrogen and oxygen atoms in total. The van der Waals surface area contributed by atoms with Crippen LogP contribution in [-0.2, 0) is 93.0 Å². The Balaban J connectivity index is -0.000000562. The average molecular weight is 1460 g/mol. The number of carbonyl (C=O) groups is 7. The molecule has 3 aromatic rings. The van der Waals surface area contributed by atoms with Crippen LogP contribution in [0.15, 0.2) is 54.6 Å². The second-order valence-corrected chi connectivity index (χ2v) is 25.5. The highest BCUT2D eigenvalue weighted by Crippen LogP contribution is 2.27. The lowest BCUT2D eigenvalue weighted by molar-refractivity contribution is -0.173. The number of hydrogen-bond acceptors (Lipinski definition) is 26. The van der Waals surface area contributed by atoms with E-state index >= 15 is 0 Å². The number of ether oxygens (including phenoxy) is 7. The van der Waals surface area contributed by atoms with Gasteiger partial charge in [-0.3, -0.25) is 28.8 Å². The van der Waals surface area contributed by atoms with Gasteiger partial charge in [-0.05, 0) is 98.8 Å². The molecule has 0 atom stereocenters. The largest absolute Gasteiger partial charge is 0.465 e. The third kappa shape index (κ3) is 36.2. The van der Waals surface area contributed by atoms with Gasteiger partial charge in [0.15, 0.2) is 29.9 Å². The van der Waals surface area contributed by atoms with Gasteiger partial charge < -0.3 is 94.4 Å². The lowest BCUT2D eigenvalue weighted by Crippen LogP contribution is -2.38. The number of rotatable bonds is 35. The van der Waals surface area contributed by atoms with Gasteiger partial charge in [-0.2, -0.15) is 0 Å². The first kappa shape index (κ1) is 100. The number of aliphatic hydroxyl groups excluding tert-OH is 12. The van der Waals surface area contributed by atoms with Gasteiger partial charge in [0.1, 0.15) is 57.9 Å². The van der Waals surface area contributed by atoms with Gasteiger partial charge in [0.05, 0.1) is 98.1 Å². The van der Waals surface area contributed by atoms with E-state index in [0.717, 1.165) is 37.3 Å². The van der Waals surface area contributed by atoms with E-state index in [-0.39, 0.29) is 27.2 Å². The van der Waals surface area contributed by atoms with Crippen molar-refractivity contribution >= 4 is 41.8 Å². The maximum atomic E-state index is 13.3. The van der Waals surface area contributed by atoms with E-state index in [1.165, 1.54) is 65.9 Å². The molecule has 3 aromatic carbocycles. The summed E-state index contributed by atoms with van der Waals surface area (Å²) in [6, 6.07) is 17.0. The summed E-state index contributed by atoms with van der Waals surface area (Å²) in [5, 5.41) is 107. The van der Waals surface area contributed by atoms with E-state index in [1.807, 2.05) is 54.6 Å². The standard InChI is InChI=1S/C14H20O4.C13H26O4.C12H11F5O4.C12H16O4.C11H20O6.C7H14O4.CH4/c1-3-11-4-6-12(7-5-11)8-18-13(17)14(2,9-15)10-16;1-3-4-5-6-7-8-9-17-12(16)13(2,10-14)11-15;1-12(3-18,4-19)11(20)21-2-5-6(13)8(15)10(17)9(16)7(5)14;1-12(8-13,9-14)11(15)16-7-10-5-3-2-4-6-10;1-10(2,3)17-8(14)5-16-9(15)11(4,6-12)7-13;1-3-11-6(10)7(2,4-8)5-9;/h4-7,15-16H,3,8-10H2,1-2H3;14-15H,3-11H2,1-2H3;18-19H,2-4H2,1H3;2-6,13-14H,7-9H2,1H3;12-13H,5-7H2,1-4H3;8-9H,3-5H2,1-2H3;1H4. The highest BCUT2D eigenvalue weighted by molar-refractivity contribution is 5.81. The first-order valence-corrected chi connectivity index (χ1v) is 31.9. The molecule has 101 heavy (non-hydrogen) atoms. The second kappa shape index (κ2) is 51.3. The van der Waals surface area contributed by atoms with Crippen LogP contribution < -0.4 is 0 Å². The first-order chi connectivity index (χ1) is 46.7. The highest BCUT2D eigenvalue weighted by Gasteiger charge is 2.39. The zero-order valence-corrected chi connectivity index (χ0v) is 59.3. The van der Waals surface area contributed by atoms with Crippen molar-refractivity contribution in [2.75, 3.05) is 99.1 Å². The maximum Gasteiger partial charge on any atom is 0.344 e. The molecule has 0 spiro atoms. The Morgan fingerprint density at radius 2 is 0.634 bits per heavy atom. The summed E-state index contributed by atoms with van der Waals surface area (Å²) in [4.78, 5) is 79.9. The van der Waals surface area contributed by atoms with Crippen molar-refractivity contribution in [3.05, 3.63) is 106 Å². The summed E-state index contributed by atoms with van der Waals surface area (Å²) in [7, 11) is 0. The van der Waals surface area contributed by atoms with Crippen molar-refractivity contribution in [2.45, 2.75) is 161 Å². The molecule has 31 heteroatoms. The highest BCUT2D eigenvalue weighted by atomic mass is 19.2. The Kier molecular flexibility index (Phi) is 51.0. The molecule has 582 valence electrons. The molecular weight excluding hydrogens is 1350 g/mol. The zero-order valence-electron chi connectivity index (χ0n) is 59.3. The van der Waals surface area contributed by atoms with E-state index in [1.54, 1.807) is 27.7 Å². The predicted molar refractivity (Wildman–Crippen MR) is 356 cm³/mol. The summed E-state index contributed by atoms with van der Waals surface area (Å²) in [5.74, 6) is -15.9. The topological polar surface area (TPSA) is 427 Å². The Hall–Kier alpha value is -6.88. The van der Waals surface area contributed by atoms with Crippen LogP contribution in [0.3, 0.4) is 0 Å². The summed E-state index contributed by atoms with van der Waals surface area (Å²) < 4.78 is 99.0. The van der Waals surface area contributed by atoms with Crippen LogP contribution in [0, 0.1) is 61.6 Å². The number of unbranched alkanes of at least 4 members (excludes halogenated alkanes) is 5. The van der Waals surface area contributed by atoms with Crippen molar-refractivity contribution < 1.29 is 150 Å². The van der Waals surface area contributed by atoms with Crippen LogP contribution in [0.2, 0.25) is 0 Å². The Morgan fingerprint density at radius 3 is 0.960 bits per heavy atom. The zero-order chi connectivity index (χ0) is 77.7. The minimum absolute atomic E-state index is 0. The number of carbonyl (C=O) groups excluding carboxylic acids is 7. The summed E-state index contributed by atoms with van der Waals surface area (Å²) in [6.45, 7) is 12.4. The number of benzene rings is 3. The molecule has 0 saturated heterocycles. The minimum atomic E-state index is -2.32. The fourth-order valence-electron chi connectivity index (χ4n) is 6.45. The lowest BCUT2D eigenvalue weighted by Gasteiger charge is -2.23. The van der Waals surface area contributed by atoms with Crippen LogP contribution in [0.25, 0.3) is 0 Å². The van der Waals surface area contributed by atoms with Gasteiger partial charge >= 0.3 is 41.8 Å². The SMILES string of the molecule is C.CC(C)(C)OC(=O)COC(=O)C(C)(CO)CO.CC(CO)(CO)C(=O)OCc1c(F)c(F)c(F)c(F)c1F.CC(CO)(CO)C(=O)OCc1ccccc1.CCCCCCCCOC(=O)C(C)(CO)CO.CCOC(=O)C(C)(CO)CO.CCc1ccc(COC(=O)C(C)(CO)CO)cc1. The molecule has 0 aliphatic rings. The quantitative estimate of drug-likeness (QED) is 0.00883. The molecule has 0 fully saturated rings. The molecule has 0 amide bonds. The molecular formula is C70H111F5O26. The van der Waals surface area contributed by atoms with E-state index in [9.17, 15) is 55.5 Å². The molecule has 0 heterocycles. The van der Waals surface area contributed by atoms with E-state index < -0.39 is 207 Å². The normalized spacial score (nSPS) is 11.4. The van der Waals surface area contributed by atoms with Crippen molar-refractivity contribution in [2.24, 2.45) is 32.5 Å². The van der Waals surface area contributed by atoms with Crippen LogP contribution in [-0.4, -0.2) is 208 Å². The first-order valence-electron chi connectivity index (χ1n) is 31.9. The average Bonchev–Trinajstić information content (AvgIpc) is 0.796. The third-order valence-electron chi connectivity index (χ3n) is 14.6. The van der Waals surface area contributed by atoms with Gasteiger partial charge in [0, 0.05) is 0 Å². The number of aryl methyl sites for hydroxylation is 1. The van der Waals surface area contributed by atoms with Gasteiger partial charge in [-0.25, -0.2) is 26.7 Å². The van der Waals surface area contributed by atoms with E-state index in [0.29, 0.717) is 6.61 Å². The number of hydrogen-bond donors (Lipinski definition) is 12. The molecule has 0 aliphatic heterocycles. The smallest absolute Gasteiger partial charge is 0.344 e. The number of aliphatic hydroxyl groups is 12. The monoisotopic (exact) mass is 1460 g/mol. The summed E-state index contributed by atoms with van der Waals surface area (Å²) in [5.41, 5.74) is -6.94. The number of esters is 7. The van der Waals surface area contributed by atoms with Crippen LogP contribution in [0.5, 0.6) is 0 Å². The minimum Gasteiger partial charge on any atom is -0.465 e. The Morgan fingerprint density at radius 1 is 0.347 bits per heavy atom. The van der Waals surface area contributed by atoms with Crippen molar-refractivity contribution in [1.29, 1.82) is 0 Å². The second-order valence-electron chi connectivity index (χ2n) is 25.5. The van der Waals surface area contributed by atoms with Gasteiger partial charge in [0.25, 0.3) is 0 Å². The lowest BCUT2D eigenvalue weighted by atomic mass is 9.93. The fraction of sp³-hybridized carbons (Fsp3) is 0.643. The molecule has 0 aromatic heterocycles. The van der Waals surface area contributed by atoms with Crippen LogP contribution in [0.1, 0.15) is 151 Å². The molecule has 0 unspecified atom stereocenters. The Labute approximate surface area is 588 Å². The molecule has 0 aliphatic carbocycles. The van der Waals surface area contributed by atoms with E-state index in [2.05, 4.69) is 28.1 Å². The Bertz CT molecular complexity index is 2800. The van der Waals surface area contributed by atoms with E-state index in [4.69, 9.17) is 80.2 Å². The predicted octanol–water partition coefficient (Wildman–Crippen LogP) is 5.34. The number of halogens is 5. The summed E-state index contributed by atoms with van der Waals surface area (Å²) in [6.07, 6.45) is 7.75. The molecule has 0 bridgehead atoms. The van der Waals surface area contributed by atoms with Gasteiger partial charge in [0.2, 0.25) is 5.82 Å². The molecule has 0 radical (unpaired) electrons. The van der Waals surface area contributed by atoms with Gasteiger partial charge in [-0.1, -0.05) is 108 Å². The van der Waals surface area contributed by atoms with Crippen molar-refractivity contribution in [1.82, 2.24) is 0 Å². The van der Waals surface area contributed by atoms with Crippen molar-refractivity contribution in [3.63, 3.8) is 0 Å². The fourth-order valence-corrected chi connectivity index (χ4v) is 6.45. The van der Waals surface area contributed by atoms with Crippen molar-refractivity contribution in [3.8, 4) is 0 Å². The third-order valence-corrected chi connectivity index (χ3v) is 14.6. The summed E-state index contributed by atoms with van der Waals surface area (Å²) >= 11 is 0. The van der Waals surface area contributed by atoms with Crippen LogP contribution in [0.4, 0.5) is 22.0 Å². The molecule has 3 rings (SSSR count). The maximum absolute atomic E-state index is 13.3. The van der Waals surface area contributed by atoms with Crippen LogP contribution >= 0.6 is 0 Å². The molecule has 0 saturated carbocycles. The molecule has 12 N–H and O–H groups in total.